The highest BCUT2D eigenvalue weighted by Gasteiger charge is 2.21. The molecular weight excluding hydrogens is 410 g/mol. The minimum absolute atomic E-state index is 0.0487. The van der Waals surface area contributed by atoms with E-state index in [1.54, 1.807) is 12.3 Å². The Hall–Kier alpha value is -3.47. The van der Waals surface area contributed by atoms with Gasteiger partial charge in [-0.05, 0) is 43.4 Å². The van der Waals surface area contributed by atoms with Gasteiger partial charge in [-0.15, -0.1) is 11.3 Å². The first-order chi connectivity index (χ1) is 14.4. The highest BCUT2D eigenvalue weighted by atomic mass is 32.1. The number of carboxylic acid groups (broad SMARTS) is 1. The van der Waals surface area contributed by atoms with E-state index in [-0.39, 0.29) is 24.3 Å². The van der Waals surface area contributed by atoms with Crippen molar-refractivity contribution in [3.8, 4) is 0 Å². The van der Waals surface area contributed by atoms with Gasteiger partial charge in [-0.3, -0.25) is 14.6 Å². The number of nitrogens with zero attached hydrogens (tertiary/aromatic N) is 1. The van der Waals surface area contributed by atoms with E-state index >= 15 is 0 Å². The zero-order chi connectivity index (χ0) is 21.7. The number of hydrogen-bond donors (Lipinski definition) is 5. The quantitative estimate of drug-likeness (QED) is 0.300. The number of carboxylic acids is 1. The number of carbonyl (C=O) groups excluding carboxylic acids is 2. The summed E-state index contributed by atoms with van der Waals surface area (Å²) in [5.41, 5.74) is 6.54. The minimum atomic E-state index is -1.17. The molecule has 1 amide bonds. The number of aliphatic carboxylic acids is 1. The summed E-state index contributed by atoms with van der Waals surface area (Å²) in [7, 11) is 0. The van der Waals surface area contributed by atoms with Gasteiger partial charge in [-0.2, -0.15) is 4.98 Å². The molecule has 1 atom stereocenters. The lowest BCUT2D eigenvalue weighted by Crippen LogP contribution is -2.40. The summed E-state index contributed by atoms with van der Waals surface area (Å²) < 4.78 is 0. The maximum atomic E-state index is 12.3. The molecule has 0 aliphatic carbocycles. The van der Waals surface area contributed by atoms with E-state index in [1.165, 1.54) is 11.3 Å². The third-order valence-corrected chi connectivity index (χ3v) is 5.72. The van der Waals surface area contributed by atoms with Crippen molar-refractivity contribution in [3.63, 3.8) is 0 Å². The summed E-state index contributed by atoms with van der Waals surface area (Å²) >= 11 is 1.29. The molecule has 0 fully saturated rings. The number of nitrogens with two attached hydrogens (primary N) is 1. The van der Waals surface area contributed by atoms with E-state index < -0.39 is 17.9 Å². The van der Waals surface area contributed by atoms with Crippen LogP contribution in [0.25, 0.3) is 11.0 Å². The topological polar surface area (TPSA) is 171 Å². The molecular formula is C19H21N5O5S. The number of amides is 1. The second kappa shape index (κ2) is 9.35. The number of carbonyl (C=O) groups is 3. The Morgan fingerprint density at radius 2 is 2.13 bits per heavy atom. The maximum Gasteiger partial charge on any atom is 0.326 e. The van der Waals surface area contributed by atoms with Gasteiger partial charge in [0.2, 0.25) is 5.95 Å². The SMILES string of the molecule is Nc1nc2[nH]cc(CCCc3ccc(C(=O)N[C@@H](CCC=O)C(=O)O)s3)c2c(=O)[nH]1. The third-order valence-electron chi connectivity index (χ3n) is 4.57. The first-order valence-electron chi connectivity index (χ1n) is 9.30. The van der Waals surface area contributed by atoms with Crippen molar-refractivity contribution in [1.29, 1.82) is 0 Å². The smallest absolute Gasteiger partial charge is 0.326 e. The Balaban J connectivity index is 1.58. The summed E-state index contributed by atoms with van der Waals surface area (Å²) in [5, 5.41) is 12.1. The molecule has 0 bridgehead atoms. The molecule has 10 nitrogen and oxygen atoms in total. The van der Waals surface area contributed by atoms with Crippen molar-refractivity contribution in [2.75, 3.05) is 5.73 Å². The number of nitrogen functional groups attached to an aromatic ring is 1. The number of anilines is 1. The average Bonchev–Trinajstić information content (AvgIpc) is 3.32. The molecule has 3 aromatic rings. The van der Waals surface area contributed by atoms with Crippen molar-refractivity contribution in [3.05, 3.63) is 44.0 Å². The van der Waals surface area contributed by atoms with Crippen LogP contribution in [0.5, 0.6) is 0 Å². The molecule has 0 aromatic carbocycles. The molecule has 0 saturated heterocycles. The molecule has 11 heteroatoms. The summed E-state index contributed by atoms with van der Waals surface area (Å²) in [6, 6.07) is 2.37. The van der Waals surface area contributed by atoms with Gasteiger partial charge in [-0.25, -0.2) is 4.79 Å². The molecule has 158 valence electrons. The Morgan fingerprint density at radius 1 is 1.33 bits per heavy atom. The van der Waals surface area contributed by atoms with Crippen LogP contribution < -0.4 is 16.6 Å². The maximum absolute atomic E-state index is 12.3. The molecule has 0 aliphatic rings. The fraction of sp³-hybridized carbons (Fsp3) is 0.316. The lowest BCUT2D eigenvalue weighted by Gasteiger charge is -2.12. The summed E-state index contributed by atoms with van der Waals surface area (Å²) in [6.07, 6.45) is 4.55. The van der Waals surface area contributed by atoms with Gasteiger partial charge < -0.3 is 25.9 Å². The van der Waals surface area contributed by atoms with E-state index in [9.17, 15) is 19.2 Å². The normalized spacial score (nSPS) is 12.0. The molecule has 3 aromatic heterocycles. The second-order valence-corrected chi connectivity index (χ2v) is 7.88. The van der Waals surface area contributed by atoms with Gasteiger partial charge in [0, 0.05) is 17.5 Å². The van der Waals surface area contributed by atoms with Gasteiger partial charge in [0.05, 0.1) is 10.3 Å². The molecule has 3 rings (SSSR count). The van der Waals surface area contributed by atoms with Gasteiger partial charge in [0.15, 0.2) is 0 Å². The van der Waals surface area contributed by atoms with E-state index in [0.717, 1.165) is 16.9 Å². The molecule has 0 saturated carbocycles. The summed E-state index contributed by atoms with van der Waals surface area (Å²) in [6.45, 7) is 0. The number of fused-ring (bicyclic) bond motifs is 1. The van der Waals surface area contributed by atoms with Crippen LogP contribution in [0.2, 0.25) is 0 Å². The van der Waals surface area contributed by atoms with Crippen LogP contribution >= 0.6 is 11.3 Å². The summed E-state index contributed by atoms with van der Waals surface area (Å²) in [5.74, 6) is -1.59. The monoisotopic (exact) mass is 431 g/mol. The van der Waals surface area contributed by atoms with Crippen LogP contribution in [0.1, 0.15) is 39.4 Å². The molecule has 0 spiro atoms. The van der Waals surface area contributed by atoms with Gasteiger partial charge in [0.25, 0.3) is 11.5 Å². The fourth-order valence-electron chi connectivity index (χ4n) is 3.13. The van der Waals surface area contributed by atoms with Crippen LogP contribution in [-0.4, -0.2) is 44.3 Å². The first-order valence-corrected chi connectivity index (χ1v) is 10.1. The number of aromatic amines is 2. The molecule has 0 aliphatic heterocycles. The van der Waals surface area contributed by atoms with E-state index in [4.69, 9.17) is 10.8 Å². The number of H-pyrrole nitrogens is 2. The van der Waals surface area contributed by atoms with Gasteiger partial charge in [-0.1, -0.05) is 0 Å². The Kier molecular flexibility index (Phi) is 6.62. The lowest BCUT2D eigenvalue weighted by molar-refractivity contribution is -0.139. The summed E-state index contributed by atoms with van der Waals surface area (Å²) in [4.78, 5) is 56.9. The van der Waals surface area contributed by atoms with E-state index in [0.29, 0.717) is 35.0 Å². The van der Waals surface area contributed by atoms with Crippen LogP contribution in [0, 0.1) is 0 Å². The second-order valence-electron chi connectivity index (χ2n) is 6.72. The van der Waals surface area contributed by atoms with E-state index in [1.807, 2.05) is 6.07 Å². The number of rotatable bonds is 10. The van der Waals surface area contributed by atoms with E-state index in [2.05, 4.69) is 20.3 Å². The third kappa shape index (κ3) is 4.92. The Bertz CT molecular complexity index is 1130. The fourth-order valence-corrected chi connectivity index (χ4v) is 4.08. The predicted molar refractivity (Wildman–Crippen MR) is 112 cm³/mol. The number of aryl methyl sites for hydroxylation is 2. The van der Waals surface area contributed by atoms with Gasteiger partial charge >= 0.3 is 5.97 Å². The highest BCUT2D eigenvalue weighted by Crippen LogP contribution is 2.21. The van der Waals surface area contributed by atoms with Crippen molar-refractivity contribution in [2.45, 2.75) is 38.1 Å². The number of thiophene rings is 1. The molecule has 0 radical (unpaired) electrons. The Morgan fingerprint density at radius 3 is 2.87 bits per heavy atom. The van der Waals surface area contributed by atoms with Gasteiger partial charge in [0.1, 0.15) is 18.0 Å². The number of hydrogen-bond acceptors (Lipinski definition) is 7. The zero-order valence-electron chi connectivity index (χ0n) is 15.9. The standard InChI is InChI=1S/C19H21N5O5S/c20-19-23-15-14(17(27)24-19)10(9-21-15)3-1-4-11-6-7-13(30-11)16(26)22-12(18(28)29)5-2-8-25/h6-9,12H,1-5H2,(H,22,26)(H,28,29)(H4,20,21,23,24,27)/t12-/m0/s1. The highest BCUT2D eigenvalue weighted by molar-refractivity contribution is 7.14. The average molecular weight is 431 g/mol. The number of aromatic nitrogens is 3. The molecule has 3 heterocycles. The van der Waals surface area contributed by atoms with Crippen LogP contribution in [0.3, 0.4) is 0 Å². The van der Waals surface area contributed by atoms with Crippen LogP contribution in [0.15, 0.2) is 23.1 Å². The van der Waals surface area contributed by atoms with Crippen molar-refractivity contribution >= 4 is 46.5 Å². The number of aldehydes is 1. The lowest BCUT2D eigenvalue weighted by atomic mass is 10.1. The minimum Gasteiger partial charge on any atom is -0.480 e. The Labute approximate surface area is 174 Å². The first kappa shape index (κ1) is 21.2. The largest absolute Gasteiger partial charge is 0.480 e. The molecule has 6 N–H and O–H groups in total. The van der Waals surface area contributed by atoms with Crippen LogP contribution in [-0.2, 0) is 22.4 Å². The van der Waals surface area contributed by atoms with Crippen molar-refractivity contribution in [1.82, 2.24) is 20.3 Å². The molecule has 30 heavy (non-hydrogen) atoms. The van der Waals surface area contributed by atoms with Crippen LogP contribution in [0.4, 0.5) is 5.95 Å². The van der Waals surface area contributed by atoms with Crippen molar-refractivity contribution < 1.29 is 19.5 Å². The zero-order valence-corrected chi connectivity index (χ0v) is 16.8. The molecule has 0 unspecified atom stereocenters. The predicted octanol–water partition coefficient (Wildman–Crippen LogP) is 1.23. The number of nitrogens with one attached hydrogen (secondary N) is 3. The van der Waals surface area contributed by atoms with Crippen molar-refractivity contribution in [2.24, 2.45) is 0 Å².